The molecule has 22 heteroatoms. The van der Waals surface area contributed by atoms with Gasteiger partial charge in [-0.05, 0) is 205 Å². The van der Waals surface area contributed by atoms with Gasteiger partial charge in [-0.1, -0.05) is 114 Å². The molecule has 0 bridgehead atoms. The molecule has 12 rings (SSSR count). The lowest BCUT2D eigenvalue weighted by Gasteiger charge is -2.12. The van der Waals surface area contributed by atoms with E-state index in [2.05, 4.69) is 32.9 Å². The normalized spacial score (nSPS) is 12.2. The van der Waals surface area contributed by atoms with E-state index in [1.165, 1.54) is 11.6 Å². The van der Waals surface area contributed by atoms with Gasteiger partial charge in [-0.25, -0.2) is 14.4 Å². The number of aryl methyl sites for hydroxylation is 4. The highest BCUT2D eigenvalue weighted by molar-refractivity contribution is 5.91. The summed E-state index contributed by atoms with van der Waals surface area (Å²) < 4.78 is 67.1. The summed E-state index contributed by atoms with van der Waals surface area (Å²) >= 11 is 0. The van der Waals surface area contributed by atoms with Crippen LogP contribution in [-0.4, -0.2) is 123 Å². The molecule has 19 nitrogen and oxygen atoms in total. The molecule has 0 radical (unpaired) electrons. The van der Waals surface area contributed by atoms with Gasteiger partial charge in [-0.3, -0.25) is 0 Å². The lowest BCUT2D eigenvalue weighted by molar-refractivity contribution is -0.137. The maximum absolute atomic E-state index is 13.5. The molecule has 0 spiro atoms. The van der Waals surface area contributed by atoms with Crippen LogP contribution in [-0.2, 0) is 96.3 Å². The number of phenolic OH excluding ortho intramolecular Hbond substituents is 6. The van der Waals surface area contributed by atoms with Gasteiger partial charge in [-0.15, -0.1) is 0 Å². The summed E-state index contributed by atoms with van der Waals surface area (Å²) in [6.45, 7) is 8.71. The molecule has 0 fully saturated rings. The van der Waals surface area contributed by atoms with Crippen molar-refractivity contribution < 1.29 is 92.5 Å². The predicted octanol–water partition coefficient (Wildman–Crippen LogP) is 17.3. The van der Waals surface area contributed by atoms with Crippen molar-refractivity contribution in [2.45, 2.75) is 162 Å². The maximum atomic E-state index is 13.5. The third-order valence-electron chi connectivity index (χ3n) is 19.9. The van der Waals surface area contributed by atoms with E-state index in [-0.39, 0.29) is 97.7 Å². The number of nitrogens with zero attached hydrogens (tertiary/aromatic N) is 3. The van der Waals surface area contributed by atoms with E-state index in [0.29, 0.717) is 58.3 Å². The van der Waals surface area contributed by atoms with Crippen LogP contribution < -0.4 is 0 Å². The number of alkyl halides is 3. The number of halogens is 3. The minimum atomic E-state index is -4.57. The second-order valence-corrected chi connectivity index (χ2v) is 28.7. The van der Waals surface area contributed by atoms with Gasteiger partial charge in [0, 0.05) is 77.7 Å². The topological polar surface area (TPSA) is 285 Å². The molecular formula is C92H100F3N3O16. The van der Waals surface area contributed by atoms with E-state index in [0.717, 1.165) is 125 Å². The number of esters is 3. The monoisotopic (exact) mass is 1560 g/mol. The van der Waals surface area contributed by atoms with Crippen molar-refractivity contribution in [1.82, 2.24) is 13.7 Å². The zero-order valence-electron chi connectivity index (χ0n) is 64.8. The Balaban J connectivity index is 0.000000181. The Bertz CT molecular complexity index is 5140. The fraction of sp³-hybridized carbons (Fsp3) is 0.315. The number of methoxy groups -OCH3 is 1. The van der Waals surface area contributed by atoms with Crippen LogP contribution in [0, 0.1) is 0 Å². The molecule has 12 aromatic rings. The number of rotatable bonds is 33. The molecule has 9 N–H and O–H groups in total. The van der Waals surface area contributed by atoms with Gasteiger partial charge in [0.15, 0.2) is 0 Å². The third kappa shape index (κ3) is 22.6. The number of phenols is 6. The quantitative estimate of drug-likeness (QED) is 0.0136. The zero-order chi connectivity index (χ0) is 81.6. The van der Waals surface area contributed by atoms with E-state index >= 15 is 0 Å². The van der Waals surface area contributed by atoms with Crippen molar-refractivity contribution in [3.63, 3.8) is 0 Å². The molecule has 0 aliphatic rings. The van der Waals surface area contributed by atoms with Crippen LogP contribution in [0.5, 0.6) is 34.5 Å². The largest absolute Gasteiger partial charge is 0.507 e. The Morgan fingerprint density at radius 2 is 0.684 bits per heavy atom. The molecule has 0 aliphatic heterocycles. The molecule has 3 aromatic heterocycles. The van der Waals surface area contributed by atoms with Crippen molar-refractivity contribution >= 4 is 50.6 Å². The number of aromatic nitrogens is 3. The average molecular weight is 1560 g/mol. The van der Waals surface area contributed by atoms with Gasteiger partial charge < -0.3 is 78.6 Å². The average Bonchev–Trinajstić information content (AvgIpc) is 1.70. The highest BCUT2D eigenvalue weighted by atomic mass is 19.4. The minimum Gasteiger partial charge on any atom is -0.507 e. The first kappa shape index (κ1) is 84.9. The zero-order valence-corrected chi connectivity index (χ0v) is 64.8. The van der Waals surface area contributed by atoms with Crippen LogP contribution in [0.2, 0.25) is 0 Å². The summed E-state index contributed by atoms with van der Waals surface area (Å²) in [5, 5.41) is 98.2. The number of aromatic hydroxyl groups is 6. The number of carbonyl (C=O) groups is 3. The highest BCUT2D eigenvalue weighted by Gasteiger charge is 2.32. The number of hydrogen-bond acceptors (Lipinski definition) is 16. The molecule has 0 aliphatic carbocycles. The van der Waals surface area contributed by atoms with Gasteiger partial charge in [0.1, 0.15) is 54.3 Å². The number of aliphatic hydroxyl groups is 3. The second kappa shape index (κ2) is 40.3. The molecular weight excluding hydrogens is 1460 g/mol. The first-order chi connectivity index (χ1) is 54.8. The van der Waals surface area contributed by atoms with Gasteiger partial charge in [0.05, 0.1) is 83.5 Å². The lowest BCUT2D eigenvalue weighted by Crippen LogP contribution is -2.21. The first-order valence-electron chi connectivity index (χ1n) is 38.6. The van der Waals surface area contributed by atoms with E-state index in [1.54, 1.807) is 133 Å². The first-order valence-corrected chi connectivity index (χ1v) is 38.6. The Hall–Kier alpha value is -11.6. The summed E-state index contributed by atoms with van der Waals surface area (Å²) in [6.07, 6.45) is 7.45. The fourth-order valence-corrected chi connectivity index (χ4v) is 13.8. The summed E-state index contributed by atoms with van der Waals surface area (Å²) in [5.41, 5.74) is 10.7. The SMILES string of the molecule is CCCCc1cc(O)c(Cn2cc(C[C@H](O)COC(=O)c3ccccc3)c3cc(C(F)(F)F)ccc32)c(O)c1.CCCCc1cc(O)c(Cn2cc(C[C@H](O)COC(=O)c3ccccc3)c3cc(CC)ccc32)c(O)c1.CCCCc1cc(O)c(Cn2cc(C[C@H](O)COC(=O)c3ccccc3)c3cc(COC)ccc32)c(O)c1. The van der Waals surface area contributed by atoms with Crippen molar-refractivity contribution in [1.29, 1.82) is 0 Å². The smallest absolute Gasteiger partial charge is 0.416 e. The Labute approximate surface area is 660 Å². The molecule has 600 valence electrons. The fourth-order valence-electron chi connectivity index (χ4n) is 13.8. The second-order valence-electron chi connectivity index (χ2n) is 28.7. The van der Waals surface area contributed by atoms with Crippen LogP contribution in [0.4, 0.5) is 13.2 Å². The molecule has 3 heterocycles. The van der Waals surface area contributed by atoms with Gasteiger partial charge >= 0.3 is 24.1 Å². The van der Waals surface area contributed by atoms with Gasteiger partial charge in [0.2, 0.25) is 0 Å². The van der Waals surface area contributed by atoms with Crippen molar-refractivity contribution in [2.75, 3.05) is 26.9 Å². The highest BCUT2D eigenvalue weighted by Crippen LogP contribution is 2.39. The van der Waals surface area contributed by atoms with Crippen LogP contribution in [0.3, 0.4) is 0 Å². The number of hydrogen-bond donors (Lipinski definition) is 9. The maximum Gasteiger partial charge on any atom is 0.416 e. The van der Waals surface area contributed by atoms with Gasteiger partial charge in [0.25, 0.3) is 0 Å². The Morgan fingerprint density at radius 3 is 0.982 bits per heavy atom. The minimum absolute atomic E-state index is 0.00726. The standard InChI is InChI=1S/C31H35NO6.C31H35NO5.C30H30F3NO5/c1-3-4-8-21-14-29(34)27(30(35)15-21)18-32-17-24(26-13-22(19-37-2)11-12-28(26)32)16-25(33)20-38-31(36)23-9-6-5-7-10-23;1-3-5-9-22-15-29(34)27(30(35)16-22)19-32-18-24(26-14-21(4-2)12-13-28(26)32)17-25(33)20-37-31(36)23-10-7-6-8-11-23;1-2-3-7-19-12-27(36)25(28(37)13-19)17-34-16-21(24-15-22(30(31,32)33)10-11-26(24)34)14-23(35)18-39-29(38)20-8-5-4-6-9-20/h5-7,9-15,17,25,33-35H,3-4,8,16,18-20H2,1-2H3;6-8,10-16,18,25,33-35H,3-5,9,17,19-20H2,1-2H3;4-6,8-13,15-16,23,35-37H,2-3,7,14,17-18H2,1H3/t2*25-;23-/m000/s1. The van der Waals surface area contributed by atoms with Crippen molar-refractivity contribution in [2.24, 2.45) is 0 Å². The van der Waals surface area contributed by atoms with E-state index in [1.807, 2.05) is 64.8 Å². The van der Waals surface area contributed by atoms with E-state index in [9.17, 15) is 73.5 Å². The van der Waals surface area contributed by atoms with Crippen molar-refractivity contribution in [3.8, 4) is 34.5 Å². The van der Waals surface area contributed by atoms with E-state index in [4.69, 9.17) is 18.9 Å². The molecule has 9 aromatic carbocycles. The number of ether oxygens (including phenoxy) is 4. The number of fused-ring (bicyclic) bond motifs is 3. The summed E-state index contributed by atoms with van der Waals surface area (Å²) in [7, 11) is 1.64. The third-order valence-corrected chi connectivity index (χ3v) is 19.9. The molecule has 0 unspecified atom stereocenters. The van der Waals surface area contributed by atoms with Crippen LogP contribution in [0.15, 0.2) is 201 Å². The number of carbonyl (C=O) groups excluding carboxylic acids is 3. The van der Waals surface area contributed by atoms with E-state index < -0.39 is 48.0 Å². The van der Waals surface area contributed by atoms with Crippen LogP contribution >= 0.6 is 0 Å². The number of benzene rings is 9. The Morgan fingerprint density at radius 1 is 0.386 bits per heavy atom. The molecule has 114 heavy (non-hydrogen) atoms. The van der Waals surface area contributed by atoms with Crippen LogP contribution in [0.25, 0.3) is 32.7 Å². The van der Waals surface area contributed by atoms with Crippen molar-refractivity contribution in [3.05, 3.63) is 284 Å². The van der Waals surface area contributed by atoms with Crippen LogP contribution in [0.1, 0.15) is 164 Å². The summed E-state index contributed by atoms with van der Waals surface area (Å²) in [4.78, 5) is 36.8. The number of aliphatic hydroxyl groups excluding tert-OH is 3. The molecule has 0 saturated heterocycles. The summed E-state index contributed by atoms with van der Waals surface area (Å²) in [5.74, 6) is -1.52. The number of unbranched alkanes of at least 4 members (excludes halogenated alkanes) is 3. The summed E-state index contributed by atoms with van der Waals surface area (Å²) in [6, 6.07) is 51.2. The molecule has 0 amide bonds. The Kier molecular flexibility index (Phi) is 30.0. The molecule has 0 saturated carbocycles. The molecule has 3 atom stereocenters. The predicted molar refractivity (Wildman–Crippen MR) is 433 cm³/mol. The lowest BCUT2D eigenvalue weighted by atomic mass is 10.0. The van der Waals surface area contributed by atoms with Gasteiger partial charge in [-0.2, -0.15) is 13.2 Å².